The first-order valence-corrected chi connectivity index (χ1v) is 22.5. The van der Waals surface area contributed by atoms with Crippen LogP contribution >= 0.6 is 11.3 Å². The van der Waals surface area contributed by atoms with E-state index < -0.39 is 0 Å². The van der Waals surface area contributed by atoms with Crippen molar-refractivity contribution in [1.29, 1.82) is 0 Å². The minimum absolute atomic E-state index is 0.519. The first-order chi connectivity index (χ1) is 27.6. The third-order valence-corrected chi connectivity index (χ3v) is 10.7. The molecule has 2 aliphatic rings. The van der Waals surface area contributed by atoms with Crippen molar-refractivity contribution in [3.05, 3.63) is 148 Å². The van der Waals surface area contributed by atoms with E-state index in [1.165, 1.54) is 46.5 Å². The number of furan rings is 1. The van der Waals surface area contributed by atoms with Crippen LogP contribution in [0.15, 0.2) is 130 Å². The molecule has 3 aromatic heterocycles. The van der Waals surface area contributed by atoms with Crippen molar-refractivity contribution in [1.82, 2.24) is 15.0 Å². The number of hydrogen-bond acceptors (Lipinski definition) is 6. The summed E-state index contributed by atoms with van der Waals surface area (Å²) < 4.78 is 5.09. The van der Waals surface area contributed by atoms with Crippen LogP contribution in [0.5, 0.6) is 0 Å². The average Bonchev–Trinajstić information content (AvgIpc) is 4.02. The van der Waals surface area contributed by atoms with E-state index in [4.69, 9.17) is 4.42 Å². The van der Waals surface area contributed by atoms with Gasteiger partial charge in [0, 0.05) is 42.0 Å². The van der Waals surface area contributed by atoms with Gasteiger partial charge in [0.15, 0.2) is 0 Å². The molecule has 0 bridgehead atoms. The molecule has 1 aliphatic heterocycles. The molecule has 1 aliphatic carbocycles. The maximum atomic E-state index is 5.09. The van der Waals surface area contributed by atoms with Crippen molar-refractivity contribution < 1.29 is 4.42 Å². The molecule has 0 N–H and O–H groups in total. The second-order valence-electron chi connectivity index (χ2n) is 16.9. The first-order valence-electron chi connectivity index (χ1n) is 21.6. The van der Waals surface area contributed by atoms with Crippen LogP contribution in [0.3, 0.4) is 0 Å². The average molecular weight is 807 g/mol. The van der Waals surface area contributed by atoms with Crippen molar-refractivity contribution in [3.8, 4) is 0 Å². The van der Waals surface area contributed by atoms with Crippen LogP contribution in [0.25, 0.3) is 0 Å². The Morgan fingerprint density at radius 3 is 1.33 bits per heavy atom. The van der Waals surface area contributed by atoms with E-state index >= 15 is 0 Å². The van der Waals surface area contributed by atoms with E-state index in [1.807, 2.05) is 54.5 Å². The number of hydrogen-bond donors (Lipinski definition) is 0. The number of aromatic nitrogens is 3. The number of nitrogens with zero attached hydrogens (tertiary/aromatic N) is 4. The van der Waals surface area contributed by atoms with Gasteiger partial charge in [-0.2, -0.15) is 0 Å². The minimum Gasteiger partial charge on any atom is -0.469 e. The Hall–Kier alpha value is -4.16. The summed E-state index contributed by atoms with van der Waals surface area (Å²) in [5.74, 6) is 6.71. The highest BCUT2D eigenvalue weighted by Gasteiger charge is 2.19. The highest BCUT2D eigenvalue weighted by Crippen LogP contribution is 2.32. The van der Waals surface area contributed by atoms with Crippen LogP contribution in [0, 0.1) is 17.8 Å². The second-order valence-corrected chi connectivity index (χ2v) is 17.9. The lowest BCUT2D eigenvalue weighted by molar-refractivity contribution is 0.235. The number of benzene rings is 2. The number of aliphatic imine (C=N–C) groups is 1. The highest BCUT2D eigenvalue weighted by atomic mass is 32.1. The Morgan fingerprint density at radius 1 is 0.586 bits per heavy atom. The molecule has 318 valence electrons. The van der Waals surface area contributed by atoms with Crippen molar-refractivity contribution in [2.24, 2.45) is 22.7 Å². The third-order valence-electron chi connectivity index (χ3n) is 9.67. The maximum Gasteiger partial charge on any atom is 0.115 e. The summed E-state index contributed by atoms with van der Waals surface area (Å²) in [6.07, 6.45) is 17.4. The van der Waals surface area contributed by atoms with Gasteiger partial charge in [0.2, 0.25) is 0 Å². The molecule has 0 saturated heterocycles. The molecule has 0 atom stereocenters. The van der Waals surface area contributed by atoms with Crippen molar-refractivity contribution in [2.75, 3.05) is 6.54 Å². The Morgan fingerprint density at radius 2 is 1.12 bits per heavy atom. The summed E-state index contributed by atoms with van der Waals surface area (Å²) in [6, 6.07) is 24.9. The molecule has 2 aromatic carbocycles. The van der Waals surface area contributed by atoms with Crippen molar-refractivity contribution in [3.63, 3.8) is 0 Å². The zero-order valence-electron chi connectivity index (χ0n) is 38.6. The lowest BCUT2D eigenvalue weighted by Crippen LogP contribution is -2.16. The molecule has 6 heteroatoms. The van der Waals surface area contributed by atoms with Crippen LogP contribution < -0.4 is 0 Å². The van der Waals surface area contributed by atoms with Gasteiger partial charge < -0.3 is 4.42 Å². The number of rotatable bonds is 7. The summed E-state index contributed by atoms with van der Waals surface area (Å²) in [4.78, 5) is 16.0. The fraction of sp³-hybridized carbons (Fsp3) is 0.500. The van der Waals surface area contributed by atoms with Gasteiger partial charge in [0.25, 0.3) is 0 Å². The molecule has 0 spiro atoms. The van der Waals surface area contributed by atoms with Gasteiger partial charge in [-0.05, 0) is 69.9 Å². The van der Waals surface area contributed by atoms with Gasteiger partial charge in [-0.25, -0.2) is 15.0 Å². The van der Waals surface area contributed by atoms with Gasteiger partial charge in [0.05, 0.1) is 17.8 Å². The van der Waals surface area contributed by atoms with Crippen molar-refractivity contribution in [2.45, 2.75) is 146 Å². The monoisotopic (exact) mass is 807 g/mol. The van der Waals surface area contributed by atoms with Crippen LogP contribution in [-0.2, 0) is 0 Å². The number of thiazole rings is 1. The van der Waals surface area contributed by atoms with Gasteiger partial charge in [-0.3, -0.25) is 4.99 Å². The quantitative estimate of drug-likeness (QED) is 0.164. The molecule has 5 nitrogen and oxygen atoms in total. The summed E-state index contributed by atoms with van der Waals surface area (Å²) >= 11 is 1.72. The summed E-state index contributed by atoms with van der Waals surface area (Å²) in [6.45, 7) is 31.5. The SMILES string of the molecule is CC(C)C1=CCN=C1.CC(C)C1CCC1.CC(C)c1ccccc1.CC(C)c1ccccc1.CC(C)c1ccco1.CC(C)c1cncnc1.CC(C)c1nccs1. The fourth-order valence-corrected chi connectivity index (χ4v) is 5.94. The lowest BCUT2D eigenvalue weighted by Gasteiger charge is -2.28. The number of allylic oxidation sites excluding steroid dienone is 1. The highest BCUT2D eigenvalue weighted by molar-refractivity contribution is 7.09. The van der Waals surface area contributed by atoms with E-state index in [0.717, 1.165) is 24.1 Å². The third kappa shape index (κ3) is 23.9. The Balaban J connectivity index is 0.000000339. The molecular weight excluding hydrogens is 729 g/mol. The summed E-state index contributed by atoms with van der Waals surface area (Å²) in [7, 11) is 0. The molecule has 1 saturated carbocycles. The Kier molecular flexibility index (Phi) is 27.6. The molecule has 0 radical (unpaired) electrons. The fourth-order valence-electron chi connectivity index (χ4n) is 5.28. The van der Waals surface area contributed by atoms with E-state index in [1.54, 1.807) is 23.9 Å². The van der Waals surface area contributed by atoms with E-state index in [9.17, 15) is 0 Å². The molecule has 7 rings (SSSR count). The molecule has 4 heterocycles. The minimum atomic E-state index is 0.519. The molecule has 0 amide bonds. The van der Waals surface area contributed by atoms with Crippen LogP contribution in [0.4, 0.5) is 0 Å². The van der Waals surface area contributed by atoms with Crippen LogP contribution in [-0.4, -0.2) is 27.7 Å². The molecule has 1 fully saturated rings. The largest absolute Gasteiger partial charge is 0.469 e. The Labute approximate surface area is 359 Å². The van der Waals surface area contributed by atoms with Gasteiger partial charge in [0.1, 0.15) is 12.1 Å². The van der Waals surface area contributed by atoms with E-state index in [-0.39, 0.29) is 0 Å². The van der Waals surface area contributed by atoms with Crippen LogP contribution in [0.2, 0.25) is 0 Å². The molecule has 5 aromatic rings. The molecular formula is C52H78N4OS. The predicted molar refractivity (Wildman–Crippen MR) is 255 cm³/mol. The summed E-state index contributed by atoms with van der Waals surface area (Å²) in [5, 5.41) is 3.24. The molecule has 58 heavy (non-hydrogen) atoms. The van der Waals surface area contributed by atoms with Crippen LogP contribution in [0.1, 0.15) is 173 Å². The normalized spacial score (nSPS) is 12.7. The van der Waals surface area contributed by atoms with Gasteiger partial charge >= 0.3 is 0 Å². The van der Waals surface area contributed by atoms with Gasteiger partial charge in [-0.15, -0.1) is 11.3 Å². The van der Waals surface area contributed by atoms with Crippen molar-refractivity contribution >= 4 is 17.6 Å². The smallest absolute Gasteiger partial charge is 0.115 e. The zero-order chi connectivity index (χ0) is 43.3. The second kappa shape index (κ2) is 30.9. The maximum absolute atomic E-state index is 5.09. The zero-order valence-corrected chi connectivity index (χ0v) is 39.4. The topological polar surface area (TPSA) is 64.2 Å². The Bertz CT molecular complexity index is 1550. The lowest BCUT2D eigenvalue weighted by atomic mass is 9.78. The standard InChI is InChI=1S/2C9H12.C7H10N2.C7H11N.C7H10O.C7H14.C6H9NS/c2*1-8(2)9-6-4-3-5-7-9;1-6(2)7-3-8-5-9-4-7;1-6(2)7-3-4-8-5-7;1-6(2)7-4-3-5-8-7;1-6(2)7-4-3-5-7;1-5(2)6-7-3-4-8-6/h2*3-8H,1-2H3;3-6H,1-2H3;3,5-6H,4H2,1-2H3;3-6H,1-2H3;6-7H,3-5H2,1-2H3;3-5H,1-2H3. The van der Waals surface area contributed by atoms with E-state index in [2.05, 4.69) is 171 Å². The van der Waals surface area contributed by atoms with E-state index in [0.29, 0.717) is 35.5 Å². The van der Waals surface area contributed by atoms with Gasteiger partial charge in [-0.1, -0.05) is 183 Å². The summed E-state index contributed by atoms with van der Waals surface area (Å²) in [5.41, 5.74) is 5.40. The predicted octanol–water partition coefficient (Wildman–Crippen LogP) is 16.0. The molecule has 0 unspecified atom stereocenters. The first kappa shape index (κ1) is 51.9.